The van der Waals surface area contributed by atoms with Gasteiger partial charge >= 0.3 is 0 Å². The summed E-state index contributed by atoms with van der Waals surface area (Å²) < 4.78 is 1.83. The minimum atomic E-state index is 0.174. The Hall–Kier alpha value is -3.82. The Bertz CT molecular complexity index is 1430. The van der Waals surface area contributed by atoms with Crippen molar-refractivity contribution in [1.82, 2.24) is 34.8 Å². The highest BCUT2D eigenvalue weighted by Crippen LogP contribution is 2.29. The zero-order chi connectivity index (χ0) is 24.6. The Morgan fingerprint density at radius 2 is 1.92 bits per heavy atom. The van der Waals surface area contributed by atoms with Crippen LogP contribution in [0.1, 0.15) is 29.6 Å². The number of benzene rings is 1. The third kappa shape index (κ3) is 4.55. The van der Waals surface area contributed by atoms with Gasteiger partial charge in [-0.05, 0) is 51.2 Å². The Kier molecular flexibility index (Phi) is 5.86. The molecule has 6 rings (SSSR count). The topological polar surface area (TPSA) is 86.5 Å². The molecule has 184 valence electrons. The molecule has 0 spiro atoms. The number of hydrogen-bond acceptors (Lipinski definition) is 8. The van der Waals surface area contributed by atoms with Gasteiger partial charge in [0, 0.05) is 67.5 Å². The number of anilines is 3. The molecule has 0 unspecified atom stereocenters. The smallest absolute Gasteiger partial charge is 0.227 e. The van der Waals surface area contributed by atoms with Crippen LogP contribution in [-0.2, 0) is 6.54 Å². The summed E-state index contributed by atoms with van der Waals surface area (Å²) in [6.07, 6.45) is 6.05. The maximum absolute atomic E-state index is 4.90. The highest BCUT2D eigenvalue weighted by atomic mass is 15.3. The van der Waals surface area contributed by atoms with Crippen molar-refractivity contribution >= 4 is 28.5 Å². The molecule has 0 bridgehead atoms. The van der Waals surface area contributed by atoms with E-state index in [0.717, 1.165) is 65.7 Å². The first kappa shape index (κ1) is 22.6. The fourth-order valence-corrected chi connectivity index (χ4v) is 4.84. The highest BCUT2D eigenvalue weighted by molar-refractivity contribution is 5.80. The van der Waals surface area contributed by atoms with E-state index in [0.29, 0.717) is 12.5 Å². The van der Waals surface area contributed by atoms with Gasteiger partial charge in [0.05, 0.1) is 23.3 Å². The summed E-state index contributed by atoms with van der Waals surface area (Å²) in [4.78, 5) is 18.9. The highest BCUT2D eigenvalue weighted by Gasteiger charge is 2.20. The molecule has 0 saturated carbocycles. The molecule has 9 heteroatoms. The summed E-state index contributed by atoms with van der Waals surface area (Å²) in [5, 5.41) is 11.8. The van der Waals surface area contributed by atoms with E-state index in [1.165, 1.54) is 5.69 Å². The second-order valence-electron chi connectivity index (χ2n) is 9.67. The summed E-state index contributed by atoms with van der Waals surface area (Å²) in [5.74, 6) is 0.591. The molecule has 5 heterocycles. The second-order valence-corrected chi connectivity index (χ2v) is 9.67. The van der Waals surface area contributed by atoms with Crippen LogP contribution in [0.25, 0.3) is 11.2 Å². The standard InChI is InChI=1S/C27H31N9/c1-18-13-22(24-7-8-26-30-19(2)17-36(26)33-24)23-15-29-27(32-25(23)16-28-18)31-20-5-4-6-21(14-20)35-11-9-34(3)10-12-35/h4-8,13-15,17-18,28H,9-12,16H2,1-3H3,(H,29,31,32)/t18-/m1/s1. The first-order valence-corrected chi connectivity index (χ1v) is 12.5. The zero-order valence-electron chi connectivity index (χ0n) is 20.9. The lowest BCUT2D eigenvalue weighted by molar-refractivity contribution is 0.313. The molecule has 1 aromatic carbocycles. The number of fused-ring (bicyclic) bond motifs is 2. The predicted octanol–water partition coefficient (Wildman–Crippen LogP) is 3.25. The van der Waals surface area contributed by atoms with Crippen molar-refractivity contribution in [1.29, 1.82) is 0 Å². The number of rotatable bonds is 4. The van der Waals surface area contributed by atoms with Crippen LogP contribution in [0.5, 0.6) is 0 Å². The fraction of sp³-hybridized carbons (Fsp3) is 0.333. The largest absolute Gasteiger partial charge is 0.369 e. The molecule has 1 atom stereocenters. The minimum Gasteiger partial charge on any atom is -0.369 e. The van der Waals surface area contributed by atoms with Gasteiger partial charge in [-0.1, -0.05) is 12.1 Å². The Morgan fingerprint density at radius 1 is 1.06 bits per heavy atom. The van der Waals surface area contributed by atoms with E-state index >= 15 is 0 Å². The van der Waals surface area contributed by atoms with E-state index in [-0.39, 0.29) is 6.04 Å². The Labute approximate surface area is 210 Å². The number of aryl methyl sites for hydroxylation is 1. The quantitative estimate of drug-likeness (QED) is 0.460. The number of piperazine rings is 1. The molecule has 0 radical (unpaired) electrons. The Balaban J connectivity index is 1.28. The van der Waals surface area contributed by atoms with Crippen molar-refractivity contribution in [2.24, 2.45) is 0 Å². The van der Waals surface area contributed by atoms with Crippen LogP contribution in [0.3, 0.4) is 0 Å². The van der Waals surface area contributed by atoms with Gasteiger partial charge in [-0.25, -0.2) is 19.5 Å². The molecule has 1 fully saturated rings. The van der Waals surface area contributed by atoms with Gasteiger partial charge in [-0.15, -0.1) is 0 Å². The van der Waals surface area contributed by atoms with Gasteiger partial charge in [0.15, 0.2) is 5.65 Å². The van der Waals surface area contributed by atoms with Crippen molar-refractivity contribution in [2.45, 2.75) is 26.4 Å². The average molecular weight is 482 g/mol. The van der Waals surface area contributed by atoms with Crippen LogP contribution in [0, 0.1) is 6.92 Å². The van der Waals surface area contributed by atoms with E-state index in [1.54, 1.807) is 0 Å². The second kappa shape index (κ2) is 9.33. The van der Waals surface area contributed by atoms with Crippen molar-refractivity contribution in [2.75, 3.05) is 43.4 Å². The normalized spacial score (nSPS) is 18.6. The molecule has 3 aromatic heterocycles. The van der Waals surface area contributed by atoms with E-state index in [9.17, 15) is 0 Å². The van der Waals surface area contributed by atoms with E-state index in [1.807, 2.05) is 36.0 Å². The molecule has 1 saturated heterocycles. The first-order valence-electron chi connectivity index (χ1n) is 12.5. The zero-order valence-corrected chi connectivity index (χ0v) is 20.9. The van der Waals surface area contributed by atoms with E-state index < -0.39 is 0 Å². The van der Waals surface area contributed by atoms with Crippen LogP contribution in [0.4, 0.5) is 17.3 Å². The molecule has 4 aromatic rings. The third-order valence-electron chi connectivity index (χ3n) is 6.85. The van der Waals surface area contributed by atoms with Gasteiger partial charge in [-0.3, -0.25) is 0 Å². The summed E-state index contributed by atoms with van der Waals surface area (Å²) in [5.41, 5.74) is 7.83. The molecular weight excluding hydrogens is 450 g/mol. The summed E-state index contributed by atoms with van der Waals surface area (Å²) in [6, 6.07) is 12.7. The van der Waals surface area contributed by atoms with Crippen molar-refractivity contribution in [3.63, 3.8) is 0 Å². The molecule has 0 aliphatic carbocycles. The summed E-state index contributed by atoms with van der Waals surface area (Å²) in [7, 11) is 2.17. The average Bonchev–Trinajstić information content (AvgIpc) is 3.17. The molecule has 2 N–H and O–H groups in total. The molecule has 36 heavy (non-hydrogen) atoms. The monoisotopic (exact) mass is 481 g/mol. The third-order valence-corrected chi connectivity index (χ3v) is 6.85. The van der Waals surface area contributed by atoms with Gasteiger partial charge in [-0.2, -0.15) is 5.10 Å². The number of nitrogens with one attached hydrogen (secondary N) is 2. The van der Waals surface area contributed by atoms with Crippen LogP contribution in [0.2, 0.25) is 0 Å². The molecule has 2 aliphatic heterocycles. The van der Waals surface area contributed by atoms with E-state index in [2.05, 4.69) is 69.7 Å². The number of imidazole rings is 1. The van der Waals surface area contributed by atoms with Crippen LogP contribution >= 0.6 is 0 Å². The predicted molar refractivity (Wildman–Crippen MR) is 143 cm³/mol. The maximum Gasteiger partial charge on any atom is 0.227 e. The summed E-state index contributed by atoms with van der Waals surface area (Å²) in [6.45, 7) is 9.00. The van der Waals surface area contributed by atoms with Gasteiger partial charge < -0.3 is 20.4 Å². The fourth-order valence-electron chi connectivity index (χ4n) is 4.84. The lowest BCUT2D eigenvalue weighted by Crippen LogP contribution is -2.44. The Morgan fingerprint density at radius 3 is 2.78 bits per heavy atom. The van der Waals surface area contributed by atoms with Crippen LogP contribution < -0.4 is 15.5 Å². The maximum atomic E-state index is 4.90. The van der Waals surface area contributed by atoms with Gasteiger partial charge in [0.1, 0.15) is 0 Å². The molecule has 2 aliphatic rings. The minimum absolute atomic E-state index is 0.174. The van der Waals surface area contributed by atoms with Crippen LogP contribution in [-0.4, -0.2) is 68.7 Å². The SMILES string of the molecule is Cc1cn2nc(C3=C[C@@H](C)NCc4nc(Nc5cccc(N6CCN(C)CC6)c5)ncc43)ccc2n1. The van der Waals surface area contributed by atoms with Crippen LogP contribution in [0.15, 0.2) is 54.9 Å². The van der Waals surface area contributed by atoms with Crippen molar-refractivity contribution < 1.29 is 0 Å². The lowest BCUT2D eigenvalue weighted by Gasteiger charge is -2.34. The van der Waals surface area contributed by atoms with Crippen molar-refractivity contribution in [3.05, 3.63) is 77.5 Å². The number of likely N-dealkylation sites (N-methyl/N-ethyl adjacent to an activating group) is 1. The number of nitrogens with zero attached hydrogens (tertiary/aromatic N) is 7. The lowest BCUT2D eigenvalue weighted by atomic mass is 10.0. The van der Waals surface area contributed by atoms with Gasteiger partial charge in [0.25, 0.3) is 0 Å². The summed E-state index contributed by atoms with van der Waals surface area (Å²) >= 11 is 0. The van der Waals surface area contributed by atoms with Crippen molar-refractivity contribution in [3.8, 4) is 0 Å². The number of aromatic nitrogens is 5. The number of hydrogen-bond donors (Lipinski definition) is 2. The molecule has 9 nitrogen and oxygen atoms in total. The van der Waals surface area contributed by atoms with E-state index in [4.69, 9.17) is 15.1 Å². The molecule has 0 amide bonds. The van der Waals surface area contributed by atoms with Gasteiger partial charge in [0.2, 0.25) is 5.95 Å². The molecular formula is C27H31N9. The first-order chi connectivity index (χ1) is 17.5.